The molecule has 0 aliphatic rings. The van der Waals surface area contributed by atoms with Crippen molar-refractivity contribution in [2.45, 2.75) is 0 Å². The minimum atomic E-state index is -0.983. The van der Waals surface area contributed by atoms with Crippen molar-refractivity contribution in [2.24, 2.45) is 0 Å². The van der Waals surface area contributed by atoms with Crippen molar-refractivity contribution in [3.05, 3.63) is 12.4 Å². The topological polar surface area (TPSA) is 93.6 Å². The van der Waals surface area contributed by atoms with E-state index in [0.29, 0.717) is 24.8 Å². The fourth-order valence-corrected chi connectivity index (χ4v) is 0.959. The molecule has 0 aliphatic carbocycles. The van der Waals surface area contributed by atoms with Gasteiger partial charge in [0.1, 0.15) is 18.8 Å². The maximum absolute atomic E-state index is 10.1. The number of carboxylic acid groups (broad SMARTS) is 1. The van der Waals surface area contributed by atoms with Crippen LogP contribution in [0.3, 0.4) is 0 Å². The molecule has 0 spiro atoms. The van der Waals surface area contributed by atoms with Crippen LogP contribution >= 0.6 is 0 Å². The van der Waals surface area contributed by atoms with Crippen molar-refractivity contribution < 1.29 is 19.4 Å². The van der Waals surface area contributed by atoms with Crippen LogP contribution in [0.2, 0.25) is 0 Å². The fraction of sp³-hybridized carbons (Fsp3) is 0.444. The summed E-state index contributed by atoms with van der Waals surface area (Å²) < 4.78 is 9.75. The lowest BCUT2D eigenvalue weighted by Gasteiger charge is -2.06. The van der Waals surface area contributed by atoms with Crippen LogP contribution in [-0.4, -0.2) is 47.9 Å². The van der Waals surface area contributed by atoms with E-state index in [9.17, 15) is 4.79 Å². The Balaban J connectivity index is 2.23. The molecular weight excluding hydrogens is 214 g/mol. The van der Waals surface area contributed by atoms with Crippen LogP contribution in [0.25, 0.3) is 0 Å². The molecule has 0 fully saturated rings. The molecule has 0 aliphatic heterocycles. The van der Waals surface area contributed by atoms with Gasteiger partial charge in [0.25, 0.3) is 0 Å². The Kier molecular flexibility index (Phi) is 5.00. The Morgan fingerprint density at radius 1 is 1.56 bits per heavy atom. The lowest BCUT2D eigenvalue weighted by Crippen LogP contribution is -2.14. The van der Waals surface area contributed by atoms with E-state index in [1.165, 1.54) is 13.4 Å². The van der Waals surface area contributed by atoms with Crippen LogP contribution in [0.15, 0.2) is 12.4 Å². The second-order valence-corrected chi connectivity index (χ2v) is 2.82. The van der Waals surface area contributed by atoms with E-state index in [1.54, 1.807) is 6.07 Å². The van der Waals surface area contributed by atoms with E-state index in [-0.39, 0.29) is 6.61 Å². The molecule has 0 aromatic carbocycles. The summed E-state index contributed by atoms with van der Waals surface area (Å²) >= 11 is 0. The monoisotopic (exact) mass is 227 g/mol. The van der Waals surface area contributed by atoms with E-state index < -0.39 is 5.97 Å². The molecule has 2 N–H and O–H groups in total. The van der Waals surface area contributed by atoms with Gasteiger partial charge < -0.3 is 19.9 Å². The zero-order valence-electron chi connectivity index (χ0n) is 8.84. The van der Waals surface area contributed by atoms with E-state index in [0.717, 1.165) is 0 Å². The minimum absolute atomic E-state index is 0.290. The number of carboxylic acids is 1. The number of carbonyl (C=O) groups is 1. The Labute approximate surface area is 92.4 Å². The molecule has 0 unspecified atom stereocenters. The Bertz CT molecular complexity index is 345. The Morgan fingerprint density at radius 3 is 3.06 bits per heavy atom. The van der Waals surface area contributed by atoms with Crippen LogP contribution in [0, 0.1) is 0 Å². The van der Waals surface area contributed by atoms with Gasteiger partial charge in [0, 0.05) is 12.6 Å². The molecule has 0 saturated heterocycles. The van der Waals surface area contributed by atoms with E-state index in [4.69, 9.17) is 14.6 Å². The predicted octanol–water partition coefficient (Wildman–Crippen LogP) is -0.00170. The highest BCUT2D eigenvalue weighted by molar-refractivity contribution is 5.67. The van der Waals surface area contributed by atoms with Gasteiger partial charge in [-0.3, -0.25) is 0 Å². The van der Waals surface area contributed by atoms with Gasteiger partial charge >= 0.3 is 5.97 Å². The number of hydrogen-bond acceptors (Lipinski definition) is 6. The van der Waals surface area contributed by atoms with Crippen molar-refractivity contribution in [1.29, 1.82) is 0 Å². The van der Waals surface area contributed by atoms with Crippen LogP contribution in [0.5, 0.6) is 5.88 Å². The highest BCUT2D eigenvalue weighted by Crippen LogP contribution is 2.09. The molecule has 0 saturated carbocycles. The third-order valence-electron chi connectivity index (χ3n) is 1.63. The predicted molar refractivity (Wildman–Crippen MR) is 55.5 cm³/mol. The van der Waals surface area contributed by atoms with Gasteiger partial charge in [0.05, 0.1) is 13.7 Å². The molecule has 0 atom stereocenters. The van der Waals surface area contributed by atoms with Crippen LogP contribution in [0.4, 0.5) is 5.82 Å². The number of rotatable bonds is 7. The molecule has 1 aromatic rings. The number of anilines is 1. The second kappa shape index (κ2) is 6.57. The van der Waals surface area contributed by atoms with Gasteiger partial charge in [-0.25, -0.2) is 14.8 Å². The molecule has 0 radical (unpaired) electrons. The molecule has 7 heteroatoms. The summed E-state index contributed by atoms with van der Waals surface area (Å²) in [6.45, 7) is 0.459. The highest BCUT2D eigenvalue weighted by atomic mass is 16.5. The maximum atomic E-state index is 10.1. The van der Waals surface area contributed by atoms with Gasteiger partial charge in [0.15, 0.2) is 0 Å². The van der Waals surface area contributed by atoms with Gasteiger partial charge in [-0.2, -0.15) is 0 Å². The first-order chi connectivity index (χ1) is 7.72. The van der Waals surface area contributed by atoms with Crippen molar-refractivity contribution in [1.82, 2.24) is 9.97 Å². The van der Waals surface area contributed by atoms with Gasteiger partial charge in [-0.05, 0) is 0 Å². The van der Waals surface area contributed by atoms with Gasteiger partial charge in [-0.1, -0.05) is 0 Å². The smallest absolute Gasteiger partial charge is 0.329 e. The molecule has 1 rings (SSSR count). The lowest BCUT2D eigenvalue weighted by molar-refractivity contribution is -0.142. The second-order valence-electron chi connectivity index (χ2n) is 2.82. The third-order valence-corrected chi connectivity index (χ3v) is 1.63. The molecule has 7 nitrogen and oxygen atoms in total. The van der Waals surface area contributed by atoms with Crippen molar-refractivity contribution >= 4 is 11.8 Å². The summed E-state index contributed by atoms with van der Waals surface area (Å²) in [5, 5.41) is 11.3. The SMILES string of the molecule is COc1cc(NCCOCC(=O)O)ncn1. The summed E-state index contributed by atoms with van der Waals surface area (Å²) in [5.41, 5.74) is 0. The number of aliphatic carboxylic acids is 1. The zero-order valence-corrected chi connectivity index (χ0v) is 8.84. The summed E-state index contributed by atoms with van der Waals surface area (Å²) in [5.74, 6) is 0.0819. The van der Waals surface area contributed by atoms with E-state index in [2.05, 4.69) is 15.3 Å². The van der Waals surface area contributed by atoms with Crippen LogP contribution in [0.1, 0.15) is 0 Å². The number of methoxy groups -OCH3 is 1. The summed E-state index contributed by atoms with van der Waals surface area (Å²) in [4.78, 5) is 17.9. The molecular formula is C9H13N3O4. The summed E-state index contributed by atoms with van der Waals surface area (Å²) in [7, 11) is 1.52. The van der Waals surface area contributed by atoms with E-state index in [1.807, 2.05) is 0 Å². The fourth-order valence-electron chi connectivity index (χ4n) is 0.959. The third kappa shape index (κ3) is 4.56. The first-order valence-corrected chi connectivity index (χ1v) is 4.62. The first kappa shape index (κ1) is 12.2. The normalized spacial score (nSPS) is 9.81. The van der Waals surface area contributed by atoms with Crippen molar-refractivity contribution in [3.8, 4) is 5.88 Å². The number of nitrogens with one attached hydrogen (secondary N) is 1. The number of aromatic nitrogens is 2. The average Bonchev–Trinajstić information content (AvgIpc) is 2.28. The van der Waals surface area contributed by atoms with Gasteiger partial charge in [-0.15, -0.1) is 0 Å². The number of nitrogens with zero attached hydrogens (tertiary/aromatic N) is 2. The number of ether oxygens (including phenoxy) is 2. The standard InChI is InChI=1S/C9H13N3O4/c1-15-8-4-7(11-6-12-8)10-2-3-16-5-9(13)14/h4,6H,2-3,5H2,1H3,(H,13,14)(H,10,11,12). The highest BCUT2D eigenvalue weighted by Gasteiger charge is 1.98. The zero-order chi connectivity index (χ0) is 11.8. The Hall–Kier alpha value is -1.89. The average molecular weight is 227 g/mol. The van der Waals surface area contributed by atoms with E-state index >= 15 is 0 Å². The van der Waals surface area contributed by atoms with Crippen molar-refractivity contribution in [2.75, 3.05) is 32.2 Å². The van der Waals surface area contributed by atoms with Crippen molar-refractivity contribution in [3.63, 3.8) is 0 Å². The molecule has 1 aromatic heterocycles. The summed E-state index contributed by atoms with van der Waals surface area (Å²) in [6, 6.07) is 1.64. The van der Waals surface area contributed by atoms with Crippen LogP contribution in [-0.2, 0) is 9.53 Å². The first-order valence-electron chi connectivity index (χ1n) is 4.62. The molecule has 0 amide bonds. The molecule has 16 heavy (non-hydrogen) atoms. The Morgan fingerprint density at radius 2 is 2.38 bits per heavy atom. The lowest BCUT2D eigenvalue weighted by atomic mass is 10.5. The van der Waals surface area contributed by atoms with Gasteiger partial charge in [0.2, 0.25) is 5.88 Å². The largest absolute Gasteiger partial charge is 0.481 e. The summed E-state index contributed by atoms with van der Waals surface area (Å²) in [6.07, 6.45) is 1.37. The quantitative estimate of drug-likeness (QED) is 0.633. The van der Waals surface area contributed by atoms with Crippen LogP contribution < -0.4 is 10.1 Å². The molecule has 88 valence electrons. The minimum Gasteiger partial charge on any atom is -0.481 e. The maximum Gasteiger partial charge on any atom is 0.329 e. The molecule has 1 heterocycles. The molecule has 0 bridgehead atoms. The number of hydrogen-bond donors (Lipinski definition) is 2.